The van der Waals surface area contributed by atoms with Gasteiger partial charge >= 0.3 is 0 Å². The Kier molecular flexibility index (Phi) is 11.9. The van der Waals surface area contributed by atoms with E-state index in [9.17, 15) is 9.59 Å². The molecule has 1 saturated carbocycles. The van der Waals surface area contributed by atoms with E-state index < -0.39 is 0 Å². The van der Waals surface area contributed by atoms with E-state index in [0.717, 1.165) is 37.9 Å². The van der Waals surface area contributed by atoms with Gasteiger partial charge in [-0.15, -0.1) is 0 Å². The normalized spacial score (nSPS) is 13.5. The number of carbonyl (C=O) groups is 2. The first-order chi connectivity index (χ1) is 20.5. The van der Waals surface area contributed by atoms with Crippen molar-refractivity contribution >= 4 is 11.8 Å². The number of methoxy groups -OCH3 is 2. The van der Waals surface area contributed by atoms with Gasteiger partial charge in [0.1, 0.15) is 18.0 Å². The molecule has 1 aliphatic rings. The second-order valence-corrected chi connectivity index (χ2v) is 10.8. The Morgan fingerprint density at radius 2 is 1.74 bits per heavy atom. The van der Waals surface area contributed by atoms with Crippen LogP contribution in [0.5, 0.6) is 11.5 Å². The lowest BCUT2D eigenvalue weighted by Gasteiger charge is -2.36. The van der Waals surface area contributed by atoms with Crippen LogP contribution >= 0.6 is 0 Å². The van der Waals surface area contributed by atoms with Crippen LogP contribution in [0.3, 0.4) is 0 Å². The molecule has 0 unspecified atom stereocenters. The van der Waals surface area contributed by atoms with Crippen molar-refractivity contribution < 1.29 is 23.8 Å². The van der Waals surface area contributed by atoms with Crippen molar-refractivity contribution in [2.75, 3.05) is 40.5 Å². The van der Waals surface area contributed by atoms with E-state index in [-0.39, 0.29) is 24.4 Å². The first kappa shape index (κ1) is 31.2. The lowest BCUT2D eigenvalue weighted by molar-refractivity contribution is -0.135. The van der Waals surface area contributed by atoms with Crippen molar-refractivity contribution in [3.63, 3.8) is 0 Å². The van der Waals surface area contributed by atoms with Crippen molar-refractivity contribution in [3.05, 3.63) is 83.7 Å². The molecule has 0 N–H and O–H groups in total. The van der Waals surface area contributed by atoms with Gasteiger partial charge in [0.2, 0.25) is 5.91 Å². The van der Waals surface area contributed by atoms with Gasteiger partial charge in [-0.05, 0) is 56.0 Å². The molecule has 2 amide bonds. The van der Waals surface area contributed by atoms with Crippen LogP contribution in [0.2, 0.25) is 0 Å². The lowest BCUT2D eigenvalue weighted by Crippen LogP contribution is -2.48. The van der Waals surface area contributed by atoms with Crippen LogP contribution in [0.25, 0.3) is 0 Å². The monoisotopic (exact) mass is 575 g/mol. The number of ether oxygens (including phenoxy) is 3. The van der Waals surface area contributed by atoms with E-state index in [1.54, 1.807) is 30.2 Å². The summed E-state index contributed by atoms with van der Waals surface area (Å²) in [5.41, 5.74) is 2.71. The largest absolute Gasteiger partial charge is 0.497 e. The van der Waals surface area contributed by atoms with Crippen LogP contribution in [0.15, 0.2) is 66.9 Å². The Morgan fingerprint density at radius 1 is 0.952 bits per heavy atom. The molecule has 8 heteroatoms. The summed E-state index contributed by atoms with van der Waals surface area (Å²) in [7, 11) is 3.11. The Balaban J connectivity index is 1.57. The van der Waals surface area contributed by atoms with Crippen molar-refractivity contribution in [1.29, 1.82) is 0 Å². The van der Waals surface area contributed by atoms with E-state index in [2.05, 4.69) is 29.0 Å². The predicted molar refractivity (Wildman–Crippen MR) is 164 cm³/mol. The molecule has 0 radical (unpaired) electrons. The minimum absolute atomic E-state index is 0.00393. The summed E-state index contributed by atoms with van der Waals surface area (Å²) in [4.78, 5) is 31.7. The molecular weight excluding hydrogens is 530 g/mol. The predicted octanol–water partition coefficient (Wildman–Crippen LogP) is 5.78. The van der Waals surface area contributed by atoms with Crippen molar-refractivity contribution in [2.45, 2.75) is 64.6 Å². The molecule has 1 aliphatic carbocycles. The molecule has 0 saturated heterocycles. The summed E-state index contributed by atoms with van der Waals surface area (Å²) in [5.74, 6) is 0.746. The summed E-state index contributed by atoms with van der Waals surface area (Å²) in [6, 6.07) is 19.8. The molecule has 42 heavy (non-hydrogen) atoms. The number of amides is 2. The molecule has 3 aromatic rings. The van der Waals surface area contributed by atoms with Crippen LogP contribution < -0.4 is 9.47 Å². The van der Waals surface area contributed by atoms with E-state index in [1.807, 2.05) is 36.1 Å². The first-order valence-corrected chi connectivity index (χ1v) is 15.1. The molecular formula is C34H45N3O5. The van der Waals surface area contributed by atoms with Crippen LogP contribution in [0.1, 0.15) is 67.1 Å². The molecule has 0 bridgehead atoms. The van der Waals surface area contributed by atoms with Crippen molar-refractivity contribution in [2.24, 2.45) is 0 Å². The zero-order valence-electron chi connectivity index (χ0n) is 25.3. The van der Waals surface area contributed by atoms with Gasteiger partial charge < -0.3 is 28.6 Å². The van der Waals surface area contributed by atoms with E-state index in [4.69, 9.17) is 14.2 Å². The Labute approximate surface area is 250 Å². The molecule has 0 aliphatic heterocycles. The summed E-state index contributed by atoms with van der Waals surface area (Å²) in [5, 5.41) is 0. The van der Waals surface area contributed by atoms with E-state index in [1.165, 1.54) is 19.1 Å². The van der Waals surface area contributed by atoms with Gasteiger partial charge in [-0.3, -0.25) is 9.59 Å². The minimum atomic E-state index is -0.240. The topological polar surface area (TPSA) is 73.2 Å². The van der Waals surface area contributed by atoms with Gasteiger partial charge in [-0.1, -0.05) is 49.6 Å². The lowest BCUT2D eigenvalue weighted by atomic mass is 9.94. The Morgan fingerprint density at radius 3 is 2.45 bits per heavy atom. The average molecular weight is 576 g/mol. The highest BCUT2D eigenvalue weighted by Gasteiger charge is 2.30. The molecule has 2 aromatic carbocycles. The SMILES string of the molecule is CCOCCCN(CC(=O)N(Cc1cccn1Cc1ccccc1)C1CCCCC1)C(=O)c1ccc(OC)cc1OC. The molecule has 1 fully saturated rings. The second-order valence-electron chi connectivity index (χ2n) is 10.8. The fraction of sp³-hybridized carbons (Fsp3) is 0.471. The highest BCUT2D eigenvalue weighted by molar-refractivity contribution is 5.99. The first-order valence-electron chi connectivity index (χ1n) is 15.1. The maximum atomic E-state index is 14.2. The standard InChI is InChI=1S/C34H45N3O5/c1-4-42-22-12-21-36(34(39)31-19-18-30(40-2)23-32(31)41-3)26-33(38)37(28-15-9-6-10-16-28)25-29-17-11-20-35(29)24-27-13-7-5-8-14-27/h5,7-8,11,13-14,17-20,23,28H,4,6,9-10,12,15-16,21-22,24-26H2,1-3H3. The third-order valence-electron chi connectivity index (χ3n) is 7.96. The summed E-state index contributed by atoms with van der Waals surface area (Å²) < 4.78 is 18.6. The minimum Gasteiger partial charge on any atom is -0.497 e. The number of nitrogens with zero attached hydrogens (tertiary/aromatic N) is 3. The summed E-state index contributed by atoms with van der Waals surface area (Å²) in [6.07, 6.45) is 8.09. The summed E-state index contributed by atoms with van der Waals surface area (Å²) >= 11 is 0. The fourth-order valence-electron chi connectivity index (χ4n) is 5.67. The van der Waals surface area contributed by atoms with Gasteiger partial charge in [0.05, 0.1) is 26.3 Å². The van der Waals surface area contributed by atoms with Crippen LogP contribution in [-0.4, -0.2) is 72.7 Å². The highest BCUT2D eigenvalue weighted by Crippen LogP contribution is 2.27. The number of rotatable bonds is 15. The third kappa shape index (κ3) is 8.38. The quantitative estimate of drug-likeness (QED) is 0.215. The number of hydrogen-bond acceptors (Lipinski definition) is 5. The van der Waals surface area contributed by atoms with Crippen LogP contribution in [0.4, 0.5) is 0 Å². The zero-order chi connectivity index (χ0) is 29.7. The maximum Gasteiger partial charge on any atom is 0.258 e. The van der Waals surface area contributed by atoms with Gasteiger partial charge in [0, 0.05) is 50.3 Å². The number of benzene rings is 2. The highest BCUT2D eigenvalue weighted by atomic mass is 16.5. The molecule has 0 spiro atoms. The number of aromatic nitrogens is 1. The maximum absolute atomic E-state index is 14.2. The van der Waals surface area contributed by atoms with Crippen molar-refractivity contribution in [1.82, 2.24) is 14.4 Å². The van der Waals surface area contributed by atoms with Gasteiger partial charge in [0.15, 0.2) is 0 Å². The number of hydrogen-bond donors (Lipinski definition) is 0. The zero-order valence-corrected chi connectivity index (χ0v) is 25.3. The second kappa shape index (κ2) is 16.0. The van der Waals surface area contributed by atoms with Crippen LogP contribution in [-0.2, 0) is 22.6 Å². The smallest absolute Gasteiger partial charge is 0.258 e. The molecule has 1 heterocycles. The van der Waals surface area contributed by atoms with Gasteiger partial charge in [-0.25, -0.2) is 0 Å². The molecule has 8 nitrogen and oxygen atoms in total. The van der Waals surface area contributed by atoms with E-state index in [0.29, 0.717) is 49.8 Å². The third-order valence-corrected chi connectivity index (χ3v) is 7.96. The summed E-state index contributed by atoms with van der Waals surface area (Å²) in [6.45, 7) is 4.74. The van der Waals surface area contributed by atoms with Crippen molar-refractivity contribution in [3.8, 4) is 11.5 Å². The van der Waals surface area contributed by atoms with E-state index >= 15 is 0 Å². The fourth-order valence-corrected chi connectivity index (χ4v) is 5.67. The van der Waals surface area contributed by atoms with Gasteiger partial charge in [0.25, 0.3) is 5.91 Å². The Bertz CT molecular complexity index is 1270. The number of carbonyl (C=O) groups excluding carboxylic acids is 2. The van der Waals surface area contributed by atoms with Gasteiger partial charge in [-0.2, -0.15) is 0 Å². The molecule has 1 aromatic heterocycles. The molecule has 4 rings (SSSR count). The molecule has 0 atom stereocenters. The van der Waals surface area contributed by atoms with Crippen LogP contribution in [0, 0.1) is 0 Å². The average Bonchev–Trinajstić information content (AvgIpc) is 3.47. The molecule has 226 valence electrons. The Hall–Kier alpha value is -3.78.